The van der Waals surface area contributed by atoms with Crippen LogP contribution in [-0.4, -0.2) is 35.4 Å². The van der Waals surface area contributed by atoms with E-state index in [0.717, 1.165) is 11.4 Å². The summed E-state index contributed by atoms with van der Waals surface area (Å²) in [6, 6.07) is 6.48. The summed E-state index contributed by atoms with van der Waals surface area (Å²) in [7, 11) is 0. The molecule has 1 amide bonds. The Morgan fingerprint density at radius 2 is 2.08 bits per heavy atom. The van der Waals surface area contributed by atoms with Gasteiger partial charge in [0.05, 0.1) is 11.1 Å². The number of carbonyl (C=O) groups is 1. The molecular weight excluding hydrogens is 323 g/mol. The number of halogens is 1. The maximum absolute atomic E-state index is 14.5. The van der Waals surface area contributed by atoms with Gasteiger partial charge in [-0.1, -0.05) is 0 Å². The lowest BCUT2D eigenvalue weighted by molar-refractivity contribution is -0.130. The number of rotatable bonds is 4. The van der Waals surface area contributed by atoms with Gasteiger partial charge in [0, 0.05) is 31.1 Å². The molecule has 2 aromatic rings. The molecule has 0 bridgehead atoms. The van der Waals surface area contributed by atoms with E-state index < -0.39 is 11.2 Å². The average Bonchev–Trinajstić information content (AvgIpc) is 2.93. The van der Waals surface area contributed by atoms with Crippen molar-refractivity contribution < 1.29 is 13.9 Å². The normalized spacial score (nSPS) is 16.6. The molecule has 134 valence electrons. The van der Waals surface area contributed by atoms with E-state index >= 15 is 0 Å². The largest absolute Gasteiger partial charge is 0.381 e. The molecule has 6 nitrogen and oxygen atoms in total. The van der Waals surface area contributed by atoms with Crippen LogP contribution in [0.25, 0.3) is 5.69 Å². The molecule has 0 spiro atoms. The van der Waals surface area contributed by atoms with Crippen LogP contribution in [0.3, 0.4) is 0 Å². The smallest absolute Gasteiger partial charge is 0.232 e. The van der Waals surface area contributed by atoms with Crippen LogP contribution in [0.2, 0.25) is 0 Å². The van der Waals surface area contributed by atoms with Crippen LogP contribution in [-0.2, 0) is 9.53 Å². The van der Waals surface area contributed by atoms with E-state index in [1.54, 1.807) is 16.8 Å². The highest BCUT2D eigenvalue weighted by atomic mass is 19.1. The number of nitrogens with two attached hydrogens (primary N) is 1. The molecule has 1 aromatic carbocycles. The maximum atomic E-state index is 14.5. The highest BCUT2D eigenvalue weighted by Gasteiger charge is 2.38. The number of hydrogen-bond donors (Lipinski definition) is 2. The number of benzene rings is 1. The van der Waals surface area contributed by atoms with Gasteiger partial charge in [-0.05, 0) is 51.0 Å². The van der Waals surface area contributed by atoms with Crippen molar-refractivity contribution in [1.29, 1.82) is 0 Å². The van der Waals surface area contributed by atoms with Crippen LogP contribution >= 0.6 is 0 Å². The summed E-state index contributed by atoms with van der Waals surface area (Å²) in [5.41, 5.74) is 7.61. The van der Waals surface area contributed by atoms with Gasteiger partial charge < -0.3 is 15.8 Å². The average molecular weight is 346 g/mol. The van der Waals surface area contributed by atoms with Crippen molar-refractivity contribution in [3.8, 4) is 5.69 Å². The Labute approximate surface area is 146 Å². The Kier molecular flexibility index (Phi) is 4.87. The second-order valence-corrected chi connectivity index (χ2v) is 6.56. The number of nitrogens with zero attached hydrogens (tertiary/aromatic N) is 2. The summed E-state index contributed by atoms with van der Waals surface area (Å²) in [6.45, 7) is 4.99. The second kappa shape index (κ2) is 6.93. The highest BCUT2D eigenvalue weighted by Crippen LogP contribution is 2.31. The van der Waals surface area contributed by atoms with Gasteiger partial charge in [-0.3, -0.25) is 4.79 Å². The number of nitrogens with one attached hydrogen (secondary N) is 1. The lowest BCUT2D eigenvalue weighted by Gasteiger charge is -2.34. The third-order valence-electron chi connectivity index (χ3n) is 4.77. The minimum absolute atomic E-state index is 0.184. The molecule has 1 aliphatic heterocycles. The fourth-order valence-corrected chi connectivity index (χ4v) is 3.18. The molecule has 1 fully saturated rings. The number of hydrogen-bond acceptors (Lipinski definition) is 4. The molecule has 0 saturated carbocycles. The van der Waals surface area contributed by atoms with E-state index in [1.807, 2.05) is 19.9 Å². The minimum Gasteiger partial charge on any atom is -0.381 e. The van der Waals surface area contributed by atoms with Crippen molar-refractivity contribution >= 4 is 11.6 Å². The molecule has 1 aliphatic rings. The minimum atomic E-state index is -0.650. The predicted molar refractivity (Wildman–Crippen MR) is 93.2 cm³/mol. The highest BCUT2D eigenvalue weighted by molar-refractivity contribution is 5.95. The van der Waals surface area contributed by atoms with Crippen LogP contribution in [0.5, 0.6) is 0 Å². The van der Waals surface area contributed by atoms with Crippen molar-refractivity contribution in [3.05, 3.63) is 41.5 Å². The van der Waals surface area contributed by atoms with E-state index in [0.29, 0.717) is 37.4 Å². The number of amides is 1. The number of ether oxygens (including phenoxy) is 1. The molecule has 0 atom stereocenters. The van der Waals surface area contributed by atoms with Gasteiger partial charge in [0.1, 0.15) is 5.69 Å². The predicted octanol–water partition coefficient (Wildman–Crippen LogP) is 2.32. The van der Waals surface area contributed by atoms with Gasteiger partial charge in [0.2, 0.25) is 5.91 Å². The molecule has 7 heteroatoms. The maximum Gasteiger partial charge on any atom is 0.232 e. The van der Waals surface area contributed by atoms with Gasteiger partial charge in [-0.2, -0.15) is 5.10 Å². The van der Waals surface area contributed by atoms with Crippen molar-refractivity contribution in [2.45, 2.75) is 26.7 Å². The van der Waals surface area contributed by atoms with E-state index in [-0.39, 0.29) is 12.5 Å². The van der Waals surface area contributed by atoms with Crippen LogP contribution in [0.4, 0.5) is 10.1 Å². The van der Waals surface area contributed by atoms with Crippen molar-refractivity contribution in [2.75, 3.05) is 25.1 Å². The Balaban J connectivity index is 1.81. The molecule has 0 radical (unpaired) electrons. The molecule has 2 heterocycles. The number of aryl methyl sites for hydroxylation is 2. The molecule has 25 heavy (non-hydrogen) atoms. The lowest BCUT2D eigenvalue weighted by atomic mass is 9.79. The number of anilines is 1. The molecule has 0 aliphatic carbocycles. The first-order valence-electron chi connectivity index (χ1n) is 8.38. The first-order valence-corrected chi connectivity index (χ1v) is 8.38. The molecule has 0 unspecified atom stereocenters. The summed E-state index contributed by atoms with van der Waals surface area (Å²) < 4.78 is 21.4. The molecule has 1 saturated heterocycles. The van der Waals surface area contributed by atoms with Crippen LogP contribution < -0.4 is 11.1 Å². The van der Waals surface area contributed by atoms with Gasteiger partial charge in [-0.25, -0.2) is 9.07 Å². The second-order valence-electron chi connectivity index (χ2n) is 6.56. The summed E-state index contributed by atoms with van der Waals surface area (Å²) in [6.07, 6.45) is 1.14. The summed E-state index contributed by atoms with van der Waals surface area (Å²) >= 11 is 0. The van der Waals surface area contributed by atoms with E-state index in [1.165, 1.54) is 6.07 Å². The fraction of sp³-hybridized carbons (Fsp3) is 0.444. The zero-order chi connectivity index (χ0) is 18.0. The van der Waals surface area contributed by atoms with E-state index in [4.69, 9.17) is 10.5 Å². The molecule has 1 aromatic heterocycles. The zero-order valence-corrected chi connectivity index (χ0v) is 14.5. The van der Waals surface area contributed by atoms with Crippen molar-refractivity contribution in [1.82, 2.24) is 9.78 Å². The van der Waals surface area contributed by atoms with E-state index in [9.17, 15) is 9.18 Å². The zero-order valence-electron chi connectivity index (χ0n) is 14.5. The molecule has 3 rings (SSSR count). The summed E-state index contributed by atoms with van der Waals surface area (Å²) in [4.78, 5) is 12.7. The molecular formula is C18H23FN4O2. The lowest BCUT2D eigenvalue weighted by Crippen LogP contribution is -2.46. The number of carbonyl (C=O) groups excluding carboxylic acids is 1. The Hall–Kier alpha value is -2.25. The first kappa shape index (κ1) is 17.6. The Morgan fingerprint density at radius 1 is 1.36 bits per heavy atom. The van der Waals surface area contributed by atoms with Gasteiger partial charge >= 0.3 is 0 Å². The van der Waals surface area contributed by atoms with Crippen molar-refractivity contribution in [2.24, 2.45) is 11.1 Å². The van der Waals surface area contributed by atoms with Gasteiger partial charge in [0.25, 0.3) is 0 Å². The first-order chi connectivity index (χ1) is 11.9. The summed E-state index contributed by atoms with van der Waals surface area (Å²) in [5, 5.41) is 7.09. The monoisotopic (exact) mass is 346 g/mol. The van der Waals surface area contributed by atoms with Crippen molar-refractivity contribution in [3.63, 3.8) is 0 Å². The number of aromatic nitrogens is 2. The standard InChI is InChI=1S/C18H23FN4O2/c1-12-9-13(2)23(22-12)16-4-3-14(10-15(16)19)21-17(24)18(11-20)5-7-25-8-6-18/h3-4,9-10H,5-8,11,20H2,1-2H3,(H,21,24). The van der Waals surface area contributed by atoms with Gasteiger partial charge in [-0.15, -0.1) is 0 Å². The Morgan fingerprint density at radius 3 is 2.64 bits per heavy atom. The SMILES string of the molecule is Cc1cc(C)n(-c2ccc(NC(=O)C3(CN)CCOCC3)cc2F)n1. The van der Waals surface area contributed by atoms with Crippen LogP contribution in [0, 0.1) is 25.1 Å². The third kappa shape index (κ3) is 3.43. The third-order valence-corrected chi connectivity index (χ3v) is 4.77. The quantitative estimate of drug-likeness (QED) is 0.890. The topological polar surface area (TPSA) is 82.2 Å². The van der Waals surface area contributed by atoms with Crippen LogP contribution in [0.15, 0.2) is 24.3 Å². The van der Waals surface area contributed by atoms with Gasteiger partial charge in [0.15, 0.2) is 5.82 Å². The summed E-state index contributed by atoms with van der Waals surface area (Å²) in [5.74, 6) is -0.630. The van der Waals surface area contributed by atoms with E-state index in [2.05, 4.69) is 10.4 Å². The molecule has 3 N–H and O–H groups in total. The fourth-order valence-electron chi connectivity index (χ4n) is 3.18. The van der Waals surface area contributed by atoms with Crippen LogP contribution in [0.1, 0.15) is 24.2 Å². The Bertz CT molecular complexity index is 781.